The van der Waals surface area contributed by atoms with Crippen LogP contribution in [0.5, 0.6) is 5.75 Å². The molecule has 0 aliphatic carbocycles. The Kier molecular flexibility index (Phi) is 4.38. The van der Waals surface area contributed by atoms with Crippen LogP contribution >= 0.6 is 0 Å². The number of amides is 1. The molecule has 4 heteroatoms. The largest absolute Gasteiger partial charge is 0.489 e. The highest BCUT2D eigenvalue weighted by Crippen LogP contribution is 2.20. The molecule has 3 N–H and O–H groups in total. The number of carbonyl (C=O) groups excluding carboxylic acids is 1. The fourth-order valence-electron chi connectivity index (χ4n) is 1.94. The van der Waals surface area contributed by atoms with E-state index in [1.165, 1.54) is 0 Å². The topological polar surface area (TPSA) is 72.6 Å². The summed E-state index contributed by atoms with van der Waals surface area (Å²) < 4.78 is 5.72. The molecule has 0 aliphatic rings. The van der Waals surface area contributed by atoms with Crippen LogP contribution in [0.15, 0.2) is 42.5 Å². The summed E-state index contributed by atoms with van der Waals surface area (Å²) in [5.41, 5.74) is 8.40. The van der Waals surface area contributed by atoms with Crippen LogP contribution in [-0.2, 0) is 13.2 Å². The first kappa shape index (κ1) is 14.1. The number of hydrogen-bond donors (Lipinski definition) is 2. The van der Waals surface area contributed by atoms with Gasteiger partial charge in [0.15, 0.2) is 0 Å². The molecule has 2 aromatic rings. The maximum absolute atomic E-state index is 11.1. The van der Waals surface area contributed by atoms with Gasteiger partial charge in [0.2, 0.25) is 5.91 Å². The normalized spacial score (nSPS) is 10.3. The summed E-state index contributed by atoms with van der Waals surface area (Å²) in [7, 11) is 0. The molecule has 0 aliphatic heterocycles. The van der Waals surface area contributed by atoms with Crippen molar-refractivity contribution in [1.29, 1.82) is 0 Å². The zero-order chi connectivity index (χ0) is 14.5. The van der Waals surface area contributed by atoms with Gasteiger partial charge in [-0.15, -0.1) is 0 Å². The lowest BCUT2D eigenvalue weighted by Gasteiger charge is -2.12. The Labute approximate surface area is 117 Å². The van der Waals surface area contributed by atoms with Gasteiger partial charge >= 0.3 is 0 Å². The average molecular weight is 271 g/mol. The minimum atomic E-state index is -0.439. The van der Waals surface area contributed by atoms with Crippen molar-refractivity contribution in [3.05, 3.63) is 64.7 Å². The predicted molar refractivity (Wildman–Crippen MR) is 76.4 cm³/mol. The summed E-state index contributed by atoms with van der Waals surface area (Å²) in [4.78, 5) is 11.1. The van der Waals surface area contributed by atoms with Gasteiger partial charge in [-0.1, -0.05) is 24.3 Å². The van der Waals surface area contributed by atoms with E-state index in [1.54, 1.807) is 12.1 Å². The van der Waals surface area contributed by atoms with Crippen molar-refractivity contribution in [2.75, 3.05) is 0 Å². The number of hydrogen-bond acceptors (Lipinski definition) is 3. The van der Waals surface area contributed by atoms with Crippen molar-refractivity contribution in [2.24, 2.45) is 5.73 Å². The fourth-order valence-corrected chi connectivity index (χ4v) is 1.94. The molecular weight excluding hydrogens is 254 g/mol. The summed E-state index contributed by atoms with van der Waals surface area (Å²) in [5, 5.41) is 9.24. The van der Waals surface area contributed by atoms with Gasteiger partial charge in [-0.3, -0.25) is 4.79 Å². The number of carbonyl (C=O) groups is 1. The van der Waals surface area contributed by atoms with E-state index in [2.05, 4.69) is 0 Å². The number of aliphatic hydroxyl groups excluding tert-OH is 1. The van der Waals surface area contributed by atoms with Gasteiger partial charge in [0.25, 0.3) is 0 Å². The number of aliphatic hydroxyl groups is 1. The van der Waals surface area contributed by atoms with Crippen molar-refractivity contribution in [2.45, 2.75) is 20.1 Å². The van der Waals surface area contributed by atoms with Crippen LogP contribution in [0, 0.1) is 6.92 Å². The first-order chi connectivity index (χ1) is 9.61. The molecule has 0 bridgehead atoms. The summed E-state index contributed by atoms with van der Waals surface area (Å²) >= 11 is 0. The zero-order valence-corrected chi connectivity index (χ0v) is 11.3. The summed E-state index contributed by atoms with van der Waals surface area (Å²) in [6.07, 6.45) is 0. The van der Waals surface area contributed by atoms with Crippen LogP contribution in [-0.4, -0.2) is 11.0 Å². The molecule has 4 nitrogen and oxygen atoms in total. The van der Waals surface area contributed by atoms with E-state index in [-0.39, 0.29) is 6.61 Å². The Bertz CT molecular complexity index is 623. The molecule has 0 saturated carbocycles. The maximum Gasteiger partial charge on any atom is 0.248 e. The lowest BCUT2D eigenvalue weighted by atomic mass is 10.1. The monoisotopic (exact) mass is 271 g/mol. The Balaban J connectivity index is 2.13. The number of rotatable bonds is 5. The van der Waals surface area contributed by atoms with Gasteiger partial charge < -0.3 is 15.6 Å². The third-order valence-electron chi connectivity index (χ3n) is 3.15. The van der Waals surface area contributed by atoms with E-state index < -0.39 is 5.91 Å². The summed E-state index contributed by atoms with van der Waals surface area (Å²) in [6.45, 7) is 2.22. The standard InChI is InChI=1S/C16H17NO3/c1-11-8-12(16(17)19)6-7-14(11)10-20-15-5-3-2-4-13(15)9-18/h2-8,18H,9-10H2,1H3,(H2,17,19). The van der Waals surface area contributed by atoms with Gasteiger partial charge in [-0.05, 0) is 36.2 Å². The number of ether oxygens (including phenoxy) is 1. The molecule has 2 rings (SSSR count). The molecule has 1 amide bonds. The van der Waals surface area contributed by atoms with Crippen LogP contribution in [0.4, 0.5) is 0 Å². The summed E-state index contributed by atoms with van der Waals surface area (Å²) in [6, 6.07) is 12.6. The van der Waals surface area contributed by atoms with Gasteiger partial charge in [0.1, 0.15) is 12.4 Å². The van der Waals surface area contributed by atoms with Crippen LogP contribution in [0.1, 0.15) is 27.0 Å². The van der Waals surface area contributed by atoms with E-state index in [0.29, 0.717) is 17.9 Å². The van der Waals surface area contributed by atoms with Crippen molar-refractivity contribution in [3.63, 3.8) is 0 Å². The first-order valence-electron chi connectivity index (χ1n) is 6.32. The van der Waals surface area contributed by atoms with Crippen LogP contribution in [0.25, 0.3) is 0 Å². The quantitative estimate of drug-likeness (QED) is 0.875. The van der Waals surface area contributed by atoms with Crippen LogP contribution in [0.3, 0.4) is 0 Å². The van der Waals surface area contributed by atoms with Crippen molar-refractivity contribution in [3.8, 4) is 5.75 Å². The highest BCUT2D eigenvalue weighted by molar-refractivity contribution is 5.93. The SMILES string of the molecule is Cc1cc(C(N)=O)ccc1COc1ccccc1CO. The Morgan fingerprint density at radius 1 is 1.20 bits per heavy atom. The highest BCUT2D eigenvalue weighted by atomic mass is 16.5. The molecule has 20 heavy (non-hydrogen) atoms. The van der Waals surface area contributed by atoms with Gasteiger partial charge in [-0.25, -0.2) is 0 Å². The number of aryl methyl sites for hydroxylation is 1. The molecular formula is C16H17NO3. The van der Waals surface area contributed by atoms with E-state index in [1.807, 2.05) is 37.3 Å². The molecule has 0 atom stereocenters. The average Bonchev–Trinajstić information content (AvgIpc) is 2.46. The lowest BCUT2D eigenvalue weighted by Crippen LogP contribution is -2.11. The van der Waals surface area contributed by atoms with Gasteiger partial charge in [0.05, 0.1) is 6.61 Å². The van der Waals surface area contributed by atoms with Crippen molar-refractivity contribution in [1.82, 2.24) is 0 Å². The smallest absolute Gasteiger partial charge is 0.248 e. The van der Waals surface area contributed by atoms with Crippen LogP contribution in [0.2, 0.25) is 0 Å². The molecule has 0 saturated heterocycles. The third-order valence-corrected chi connectivity index (χ3v) is 3.15. The fraction of sp³-hybridized carbons (Fsp3) is 0.188. The second kappa shape index (κ2) is 6.21. The molecule has 0 heterocycles. The third kappa shape index (κ3) is 3.16. The van der Waals surface area contributed by atoms with Gasteiger partial charge in [0, 0.05) is 11.1 Å². The Morgan fingerprint density at radius 3 is 2.60 bits per heavy atom. The molecule has 0 aromatic heterocycles. The minimum Gasteiger partial charge on any atom is -0.489 e. The van der Waals surface area contributed by atoms with E-state index in [0.717, 1.165) is 16.7 Å². The zero-order valence-electron chi connectivity index (χ0n) is 11.3. The predicted octanol–water partition coefficient (Wildman–Crippen LogP) is 2.17. The Hall–Kier alpha value is -2.33. The van der Waals surface area contributed by atoms with E-state index in [9.17, 15) is 9.90 Å². The van der Waals surface area contributed by atoms with E-state index >= 15 is 0 Å². The van der Waals surface area contributed by atoms with Gasteiger partial charge in [-0.2, -0.15) is 0 Å². The van der Waals surface area contributed by atoms with Crippen LogP contribution < -0.4 is 10.5 Å². The lowest BCUT2D eigenvalue weighted by molar-refractivity contribution is 0.1000. The molecule has 0 fully saturated rings. The van der Waals surface area contributed by atoms with E-state index in [4.69, 9.17) is 10.5 Å². The first-order valence-corrected chi connectivity index (χ1v) is 6.32. The molecule has 2 aromatic carbocycles. The Morgan fingerprint density at radius 2 is 1.95 bits per heavy atom. The second-order valence-electron chi connectivity index (χ2n) is 4.56. The maximum atomic E-state index is 11.1. The summed E-state index contributed by atoms with van der Waals surface area (Å²) in [5.74, 6) is 0.222. The number of primary amides is 1. The highest BCUT2D eigenvalue weighted by Gasteiger charge is 2.06. The number of para-hydroxylation sites is 1. The molecule has 0 spiro atoms. The van der Waals surface area contributed by atoms with Crippen molar-refractivity contribution >= 4 is 5.91 Å². The number of benzene rings is 2. The minimum absolute atomic E-state index is 0.0598. The number of nitrogens with two attached hydrogens (primary N) is 1. The second-order valence-corrected chi connectivity index (χ2v) is 4.56. The molecule has 0 unspecified atom stereocenters. The molecule has 104 valence electrons. The molecule has 0 radical (unpaired) electrons. The van der Waals surface area contributed by atoms with Crippen molar-refractivity contribution < 1.29 is 14.6 Å².